The van der Waals surface area contributed by atoms with Crippen LogP contribution < -0.4 is 4.90 Å². The molecule has 0 unspecified atom stereocenters. The molecular weight excluding hydrogens is 462 g/mol. The number of anilines is 1. The number of nitrogens with one attached hydrogen (secondary N) is 1. The van der Waals surface area contributed by atoms with Crippen LogP contribution in [-0.2, 0) is 0 Å². The number of aromatic hydroxyl groups is 1. The van der Waals surface area contributed by atoms with Gasteiger partial charge < -0.3 is 15.0 Å². The van der Waals surface area contributed by atoms with Gasteiger partial charge in [0.1, 0.15) is 17.5 Å². The molecule has 2 N–H and O–H groups in total. The summed E-state index contributed by atoms with van der Waals surface area (Å²) < 4.78 is 27.1. The van der Waals surface area contributed by atoms with Crippen LogP contribution >= 0.6 is 11.6 Å². The first-order chi connectivity index (χ1) is 16.2. The summed E-state index contributed by atoms with van der Waals surface area (Å²) in [6.07, 6.45) is 4.37. The molecule has 0 amide bonds. The number of aromatic amines is 1. The average Bonchev–Trinajstić information content (AvgIpc) is 3.36. The number of halogens is 3. The third-order valence-electron chi connectivity index (χ3n) is 6.17. The van der Waals surface area contributed by atoms with Crippen molar-refractivity contribution in [1.29, 1.82) is 5.26 Å². The Kier molecular flexibility index (Phi) is 5.14. The highest BCUT2D eigenvalue weighted by atomic mass is 35.5. The molecule has 7 nitrogen and oxygen atoms in total. The van der Waals surface area contributed by atoms with Gasteiger partial charge in [0.2, 0.25) is 5.95 Å². The Labute approximate surface area is 198 Å². The fraction of sp³-hybridized carbons (Fsp3) is 0.250. The highest BCUT2D eigenvalue weighted by Gasteiger charge is 2.39. The molecule has 5 rings (SSSR count). The lowest BCUT2D eigenvalue weighted by Gasteiger charge is -2.15. The SMILES string of the molecule is Cc1ccc(O)c(C)c1-c1cnc2[nH]c(-c3cnc(N4CCC(F)(F)C4)nc3)c(Cl)c2c1C#N. The number of nitriles is 1. The Hall–Kier alpha value is -3.77. The molecule has 0 atom stereocenters. The Morgan fingerprint density at radius 1 is 1.18 bits per heavy atom. The van der Waals surface area contributed by atoms with Crippen molar-refractivity contribution >= 4 is 28.6 Å². The lowest BCUT2D eigenvalue weighted by molar-refractivity contribution is 0.0256. The van der Waals surface area contributed by atoms with Crippen LogP contribution in [0.1, 0.15) is 23.1 Å². The van der Waals surface area contributed by atoms with Gasteiger partial charge >= 0.3 is 0 Å². The molecule has 1 aromatic carbocycles. The minimum atomic E-state index is -2.74. The molecule has 10 heteroatoms. The summed E-state index contributed by atoms with van der Waals surface area (Å²) in [6.45, 7) is 3.45. The van der Waals surface area contributed by atoms with Gasteiger partial charge in [0.25, 0.3) is 5.92 Å². The normalized spacial score (nSPS) is 15.1. The third-order valence-corrected chi connectivity index (χ3v) is 6.54. The van der Waals surface area contributed by atoms with Crippen LogP contribution in [0.2, 0.25) is 5.02 Å². The van der Waals surface area contributed by atoms with E-state index < -0.39 is 12.5 Å². The lowest BCUT2D eigenvalue weighted by atomic mass is 9.92. The quantitative estimate of drug-likeness (QED) is 0.408. The first kappa shape index (κ1) is 22.0. The maximum absolute atomic E-state index is 13.5. The van der Waals surface area contributed by atoms with Crippen molar-refractivity contribution in [2.24, 2.45) is 0 Å². The molecule has 172 valence electrons. The predicted octanol–water partition coefficient (Wildman–Crippen LogP) is 5.38. The van der Waals surface area contributed by atoms with Gasteiger partial charge in [-0.2, -0.15) is 5.26 Å². The van der Waals surface area contributed by atoms with E-state index in [4.69, 9.17) is 11.6 Å². The molecule has 3 aromatic heterocycles. The molecule has 4 aromatic rings. The molecule has 0 radical (unpaired) electrons. The molecule has 1 saturated heterocycles. The summed E-state index contributed by atoms with van der Waals surface area (Å²) in [7, 11) is 0. The van der Waals surface area contributed by atoms with Crippen LogP contribution in [0.15, 0.2) is 30.7 Å². The van der Waals surface area contributed by atoms with Crippen molar-refractivity contribution in [3.8, 4) is 34.2 Å². The van der Waals surface area contributed by atoms with Crippen LogP contribution in [0.4, 0.5) is 14.7 Å². The predicted molar refractivity (Wildman–Crippen MR) is 125 cm³/mol. The maximum atomic E-state index is 13.5. The fourth-order valence-electron chi connectivity index (χ4n) is 4.39. The zero-order valence-electron chi connectivity index (χ0n) is 18.3. The second-order valence-corrected chi connectivity index (χ2v) is 8.78. The molecule has 0 bridgehead atoms. The minimum absolute atomic E-state index is 0.124. The van der Waals surface area contributed by atoms with Gasteiger partial charge in [0, 0.05) is 42.7 Å². The minimum Gasteiger partial charge on any atom is -0.508 e. The molecule has 1 aliphatic heterocycles. The number of benzene rings is 1. The van der Waals surface area contributed by atoms with E-state index in [9.17, 15) is 19.1 Å². The second-order valence-electron chi connectivity index (χ2n) is 8.40. The van der Waals surface area contributed by atoms with Gasteiger partial charge in [-0.1, -0.05) is 17.7 Å². The number of phenols is 1. The standard InChI is InChI=1S/C24H19ClF2N6O/c1-12-3-4-17(34)13(2)18(12)16-10-29-22-19(15(16)7-28)20(25)21(32-22)14-8-30-23(31-9-14)33-6-5-24(26,27)11-33/h3-4,8-10,34H,5-6,11H2,1-2H3,(H,29,32). The Morgan fingerprint density at radius 3 is 2.56 bits per heavy atom. The number of hydrogen-bond donors (Lipinski definition) is 2. The summed E-state index contributed by atoms with van der Waals surface area (Å²) in [5, 5.41) is 21.0. The number of aryl methyl sites for hydroxylation is 1. The summed E-state index contributed by atoms with van der Waals surface area (Å²) in [5.41, 5.74) is 4.56. The van der Waals surface area contributed by atoms with Crippen LogP contribution in [0, 0.1) is 25.2 Å². The van der Waals surface area contributed by atoms with Crippen molar-refractivity contribution in [3.05, 3.63) is 52.4 Å². The highest BCUT2D eigenvalue weighted by molar-refractivity contribution is 6.38. The Morgan fingerprint density at radius 2 is 1.91 bits per heavy atom. The van der Waals surface area contributed by atoms with Crippen molar-refractivity contribution < 1.29 is 13.9 Å². The van der Waals surface area contributed by atoms with Crippen LogP contribution in [0.25, 0.3) is 33.4 Å². The van der Waals surface area contributed by atoms with Crippen molar-refractivity contribution in [1.82, 2.24) is 19.9 Å². The van der Waals surface area contributed by atoms with E-state index in [1.807, 2.05) is 6.92 Å². The van der Waals surface area contributed by atoms with Crippen molar-refractivity contribution in [2.75, 3.05) is 18.0 Å². The number of H-pyrrole nitrogens is 1. The molecule has 0 aliphatic carbocycles. The van der Waals surface area contributed by atoms with E-state index in [1.165, 1.54) is 17.3 Å². The van der Waals surface area contributed by atoms with Crippen molar-refractivity contribution in [3.63, 3.8) is 0 Å². The van der Waals surface area contributed by atoms with E-state index in [-0.39, 0.29) is 29.7 Å². The fourth-order valence-corrected chi connectivity index (χ4v) is 4.73. The topological polar surface area (TPSA) is 102 Å². The van der Waals surface area contributed by atoms with E-state index in [0.29, 0.717) is 39.0 Å². The van der Waals surface area contributed by atoms with E-state index in [2.05, 4.69) is 26.0 Å². The largest absolute Gasteiger partial charge is 0.508 e. The number of alkyl halides is 2. The lowest BCUT2D eigenvalue weighted by Crippen LogP contribution is -2.26. The summed E-state index contributed by atoms with van der Waals surface area (Å²) in [5.74, 6) is -2.40. The van der Waals surface area contributed by atoms with Gasteiger partial charge in [0.05, 0.1) is 28.2 Å². The van der Waals surface area contributed by atoms with Crippen LogP contribution in [0.3, 0.4) is 0 Å². The molecular formula is C24H19ClF2N6O. The number of pyridine rings is 1. The van der Waals surface area contributed by atoms with Crippen molar-refractivity contribution in [2.45, 2.75) is 26.2 Å². The van der Waals surface area contributed by atoms with Gasteiger partial charge in [-0.25, -0.2) is 23.7 Å². The summed E-state index contributed by atoms with van der Waals surface area (Å²) in [6, 6.07) is 5.63. The first-order valence-corrected chi connectivity index (χ1v) is 10.9. The van der Waals surface area contributed by atoms with E-state index >= 15 is 0 Å². The van der Waals surface area contributed by atoms with Crippen LogP contribution in [0.5, 0.6) is 5.75 Å². The Balaban J connectivity index is 1.60. The second kappa shape index (κ2) is 7.92. The zero-order chi connectivity index (χ0) is 24.2. The monoisotopic (exact) mass is 480 g/mol. The zero-order valence-corrected chi connectivity index (χ0v) is 19.1. The summed E-state index contributed by atoms with van der Waals surface area (Å²) in [4.78, 5) is 17.5. The van der Waals surface area contributed by atoms with E-state index in [0.717, 1.165) is 11.1 Å². The number of fused-ring (bicyclic) bond motifs is 1. The Bertz CT molecular complexity index is 1480. The van der Waals surface area contributed by atoms with Gasteiger partial charge in [0.15, 0.2) is 0 Å². The summed E-state index contributed by atoms with van der Waals surface area (Å²) >= 11 is 6.71. The first-order valence-electron chi connectivity index (χ1n) is 10.5. The molecule has 0 spiro atoms. The maximum Gasteiger partial charge on any atom is 0.267 e. The van der Waals surface area contributed by atoms with E-state index in [1.54, 1.807) is 25.3 Å². The average molecular weight is 481 g/mol. The number of hydrogen-bond acceptors (Lipinski definition) is 6. The molecule has 34 heavy (non-hydrogen) atoms. The third kappa shape index (κ3) is 3.51. The molecule has 1 aliphatic rings. The number of aromatic nitrogens is 4. The molecule has 0 saturated carbocycles. The number of rotatable bonds is 3. The van der Waals surface area contributed by atoms with Gasteiger partial charge in [-0.05, 0) is 36.6 Å². The van der Waals surface area contributed by atoms with Crippen LogP contribution in [-0.4, -0.2) is 44.1 Å². The molecule has 4 heterocycles. The smallest absolute Gasteiger partial charge is 0.267 e. The van der Waals surface area contributed by atoms with Gasteiger partial charge in [-0.15, -0.1) is 0 Å². The molecule has 1 fully saturated rings. The highest BCUT2D eigenvalue weighted by Crippen LogP contribution is 2.41. The van der Waals surface area contributed by atoms with Gasteiger partial charge in [-0.3, -0.25) is 0 Å². The number of nitrogens with zero attached hydrogens (tertiary/aromatic N) is 5. The number of phenolic OH excluding ortho intramolecular Hbond substituents is 1.